The normalized spacial score (nSPS) is 17.2. The van der Waals surface area contributed by atoms with Crippen LogP contribution in [-0.4, -0.2) is 74.6 Å². The highest BCUT2D eigenvalue weighted by Crippen LogP contribution is 2.04. The third-order valence-electron chi connectivity index (χ3n) is 3.38. The summed E-state index contributed by atoms with van der Waals surface area (Å²) in [4.78, 5) is 11.4. The molecular formula is C19H36O7. The van der Waals surface area contributed by atoms with Gasteiger partial charge in [-0.05, 0) is 41.5 Å². The Morgan fingerprint density at radius 2 is 1.12 bits per heavy atom. The van der Waals surface area contributed by atoms with Crippen molar-refractivity contribution >= 4 is 5.97 Å². The maximum Gasteiger partial charge on any atom is 0.333 e. The van der Waals surface area contributed by atoms with Gasteiger partial charge in [0.05, 0.1) is 57.5 Å². The Labute approximate surface area is 157 Å². The second kappa shape index (κ2) is 14.1. The molecule has 5 atom stereocenters. The average molecular weight is 376 g/mol. The molecule has 1 N–H and O–H groups in total. The lowest BCUT2D eigenvalue weighted by Crippen LogP contribution is -2.29. The van der Waals surface area contributed by atoms with Gasteiger partial charge in [0.15, 0.2) is 0 Å². The van der Waals surface area contributed by atoms with Crippen LogP contribution in [0.4, 0.5) is 0 Å². The van der Waals surface area contributed by atoms with Crippen molar-refractivity contribution < 1.29 is 33.6 Å². The Hall–Kier alpha value is -0.990. The lowest BCUT2D eigenvalue weighted by Gasteiger charge is -2.21. The number of aliphatic hydroxyl groups excluding tert-OH is 1. The SMILES string of the molecule is C=C(C)C(=O)OC(C)COC(C)COC(C)COC(C)COC(C)CO. The van der Waals surface area contributed by atoms with Crippen molar-refractivity contribution in [3.05, 3.63) is 12.2 Å². The van der Waals surface area contributed by atoms with Crippen molar-refractivity contribution in [2.45, 2.75) is 72.1 Å². The number of ether oxygens (including phenoxy) is 5. The van der Waals surface area contributed by atoms with Gasteiger partial charge in [0.1, 0.15) is 6.10 Å². The van der Waals surface area contributed by atoms with E-state index in [2.05, 4.69) is 6.58 Å². The van der Waals surface area contributed by atoms with Gasteiger partial charge in [-0.15, -0.1) is 0 Å². The van der Waals surface area contributed by atoms with Crippen LogP contribution in [0.1, 0.15) is 41.5 Å². The summed E-state index contributed by atoms with van der Waals surface area (Å²) in [5, 5.41) is 8.91. The highest BCUT2D eigenvalue weighted by atomic mass is 16.6. The summed E-state index contributed by atoms with van der Waals surface area (Å²) in [5.74, 6) is -0.415. The molecule has 0 rings (SSSR count). The van der Waals surface area contributed by atoms with Crippen LogP contribution in [-0.2, 0) is 28.5 Å². The van der Waals surface area contributed by atoms with Gasteiger partial charge in [0, 0.05) is 5.57 Å². The summed E-state index contributed by atoms with van der Waals surface area (Å²) in [6, 6.07) is 0. The van der Waals surface area contributed by atoms with Crippen molar-refractivity contribution in [2.75, 3.05) is 33.0 Å². The van der Waals surface area contributed by atoms with Crippen molar-refractivity contribution in [3.63, 3.8) is 0 Å². The van der Waals surface area contributed by atoms with Gasteiger partial charge in [0.2, 0.25) is 0 Å². The third-order valence-corrected chi connectivity index (χ3v) is 3.38. The van der Waals surface area contributed by atoms with E-state index in [4.69, 9.17) is 28.8 Å². The molecule has 0 aromatic carbocycles. The second-order valence-electron chi connectivity index (χ2n) is 6.75. The number of rotatable bonds is 15. The molecule has 7 nitrogen and oxygen atoms in total. The standard InChI is InChI=1S/C19H36O7/c1-13(2)19(21)26-18(7)12-25-17(6)11-24-16(5)10-23-15(4)9-22-14(3)8-20/h14-18,20H,1,8-12H2,2-7H3. The van der Waals surface area contributed by atoms with Gasteiger partial charge in [-0.3, -0.25) is 0 Å². The first-order valence-electron chi connectivity index (χ1n) is 9.09. The van der Waals surface area contributed by atoms with E-state index < -0.39 is 5.97 Å². The molecule has 0 fully saturated rings. The number of carbonyl (C=O) groups is 1. The first kappa shape index (κ1) is 25.0. The molecule has 0 spiro atoms. The molecule has 0 bridgehead atoms. The van der Waals surface area contributed by atoms with Gasteiger partial charge < -0.3 is 28.8 Å². The monoisotopic (exact) mass is 376 g/mol. The highest BCUT2D eigenvalue weighted by Gasteiger charge is 2.14. The van der Waals surface area contributed by atoms with Gasteiger partial charge in [-0.25, -0.2) is 4.79 Å². The van der Waals surface area contributed by atoms with E-state index in [-0.39, 0.29) is 37.1 Å². The zero-order chi connectivity index (χ0) is 20.1. The fraction of sp³-hybridized carbons (Fsp3) is 0.842. The Balaban J connectivity index is 3.82. The molecule has 0 saturated carbocycles. The second-order valence-corrected chi connectivity index (χ2v) is 6.75. The summed E-state index contributed by atoms with van der Waals surface area (Å²) in [5.41, 5.74) is 0.368. The minimum absolute atomic E-state index is 0.00483. The molecule has 0 saturated heterocycles. The van der Waals surface area contributed by atoms with Crippen LogP contribution in [0, 0.1) is 0 Å². The molecule has 5 unspecified atom stereocenters. The van der Waals surface area contributed by atoms with E-state index in [1.54, 1.807) is 20.8 Å². The lowest BCUT2D eigenvalue weighted by molar-refractivity contribution is -0.148. The van der Waals surface area contributed by atoms with E-state index >= 15 is 0 Å². The Morgan fingerprint density at radius 3 is 1.46 bits per heavy atom. The zero-order valence-corrected chi connectivity index (χ0v) is 17.0. The Bertz CT molecular complexity index is 399. The van der Waals surface area contributed by atoms with E-state index in [0.717, 1.165) is 0 Å². The summed E-state index contributed by atoms with van der Waals surface area (Å²) in [6.07, 6.45) is -0.825. The fourth-order valence-corrected chi connectivity index (χ4v) is 1.71. The van der Waals surface area contributed by atoms with Crippen LogP contribution in [0.15, 0.2) is 12.2 Å². The zero-order valence-electron chi connectivity index (χ0n) is 17.0. The van der Waals surface area contributed by atoms with Crippen LogP contribution in [0.2, 0.25) is 0 Å². The summed E-state index contributed by atoms with van der Waals surface area (Å²) >= 11 is 0. The van der Waals surface area contributed by atoms with Gasteiger partial charge in [0.25, 0.3) is 0 Å². The number of esters is 1. The molecule has 154 valence electrons. The van der Waals surface area contributed by atoms with E-state index in [1.807, 2.05) is 20.8 Å². The molecule has 0 aliphatic rings. The van der Waals surface area contributed by atoms with Crippen LogP contribution >= 0.6 is 0 Å². The predicted octanol–water partition coefficient (Wildman–Crippen LogP) is 2.11. The molecule has 26 heavy (non-hydrogen) atoms. The number of aliphatic hydroxyl groups is 1. The molecule has 0 amide bonds. The number of carbonyl (C=O) groups excluding carboxylic acids is 1. The molecule has 0 aliphatic heterocycles. The maximum atomic E-state index is 11.4. The molecule has 0 aliphatic carbocycles. The van der Waals surface area contributed by atoms with Gasteiger partial charge in [-0.1, -0.05) is 6.58 Å². The quantitative estimate of drug-likeness (QED) is 0.346. The maximum absolute atomic E-state index is 11.4. The van der Waals surface area contributed by atoms with Crippen molar-refractivity contribution in [1.29, 1.82) is 0 Å². The summed E-state index contributed by atoms with van der Waals surface area (Å²) in [7, 11) is 0. The van der Waals surface area contributed by atoms with Crippen LogP contribution < -0.4 is 0 Å². The topological polar surface area (TPSA) is 83.5 Å². The summed E-state index contributed by atoms with van der Waals surface area (Å²) in [6.45, 7) is 16.0. The van der Waals surface area contributed by atoms with Crippen LogP contribution in [0.5, 0.6) is 0 Å². The molecule has 0 aromatic heterocycles. The largest absolute Gasteiger partial charge is 0.457 e. The minimum atomic E-state index is -0.415. The first-order chi connectivity index (χ1) is 12.1. The van der Waals surface area contributed by atoms with E-state index in [1.165, 1.54) is 0 Å². The number of hydrogen-bond donors (Lipinski definition) is 1. The number of hydrogen-bond acceptors (Lipinski definition) is 7. The lowest BCUT2D eigenvalue weighted by atomic mass is 10.3. The molecule has 7 heteroatoms. The molecular weight excluding hydrogens is 340 g/mol. The average Bonchev–Trinajstić information content (AvgIpc) is 2.60. The molecule has 0 radical (unpaired) electrons. The van der Waals surface area contributed by atoms with E-state index in [9.17, 15) is 4.79 Å². The van der Waals surface area contributed by atoms with Crippen molar-refractivity contribution in [2.24, 2.45) is 0 Å². The molecule has 0 heterocycles. The Morgan fingerprint density at radius 1 is 0.769 bits per heavy atom. The minimum Gasteiger partial charge on any atom is -0.457 e. The van der Waals surface area contributed by atoms with Crippen LogP contribution in [0.25, 0.3) is 0 Å². The fourth-order valence-electron chi connectivity index (χ4n) is 1.71. The summed E-state index contributed by atoms with van der Waals surface area (Å²) < 4.78 is 27.5. The van der Waals surface area contributed by atoms with Crippen LogP contribution in [0.3, 0.4) is 0 Å². The van der Waals surface area contributed by atoms with Crippen molar-refractivity contribution in [3.8, 4) is 0 Å². The smallest absolute Gasteiger partial charge is 0.333 e. The van der Waals surface area contributed by atoms with Crippen molar-refractivity contribution in [1.82, 2.24) is 0 Å². The highest BCUT2D eigenvalue weighted by molar-refractivity contribution is 5.87. The van der Waals surface area contributed by atoms with Gasteiger partial charge in [-0.2, -0.15) is 0 Å². The van der Waals surface area contributed by atoms with E-state index in [0.29, 0.717) is 32.0 Å². The molecule has 0 aromatic rings. The Kier molecular flexibility index (Phi) is 13.6. The third kappa shape index (κ3) is 13.2. The van der Waals surface area contributed by atoms with Gasteiger partial charge >= 0.3 is 5.97 Å². The first-order valence-corrected chi connectivity index (χ1v) is 9.09. The predicted molar refractivity (Wildman–Crippen MR) is 99.1 cm³/mol.